The van der Waals surface area contributed by atoms with Crippen molar-refractivity contribution in [3.05, 3.63) is 22.5 Å². The summed E-state index contributed by atoms with van der Waals surface area (Å²) in [7, 11) is 1.87. The van der Waals surface area contributed by atoms with Crippen LogP contribution >= 0.6 is 0 Å². The van der Waals surface area contributed by atoms with Crippen molar-refractivity contribution < 1.29 is 14.6 Å². The second-order valence-electron chi connectivity index (χ2n) is 6.70. The predicted molar refractivity (Wildman–Crippen MR) is 106 cm³/mol. The summed E-state index contributed by atoms with van der Waals surface area (Å²) >= 11 is 0. The number of hydrogen-bond acceptors (Lipinski definition) is 6. The second-order valence-corrected chi connectivity index (χ2v) is 6.70. The number of aromatic amines is 1. The fourth-order valence-electron chi connectivity index (χ4n) is 2.75. The van der Waals surface area contributed by atoms with Gasteiger partial charge in [0, 0.05) is 37.6 Å². The van der Waals surface area contributed by atoms with Crippen LogP contribution in [0.5, 0.6) is 0 Å². The molecule has 0 saturated heterocycles. The molecule has 4 N–H and O–H groups in total. The first-order valence-electron chi connectivity index (χ1n) is 9.55. The Kier molecular flexibility index (Phi) is 11.8. The first kappa shape index (κ1) is 23.1. The SMILES string of the molecule is CCN(CCNCc1c(C)[nH]c(C)c1C)COCC(O)COCCNC. The Bertz CT molecular complexity index is 493. The van der Waals surface area contributed by atoms with Crippen molar-refractivity contribution in [2.24, 2.45) is 0 Å². The maximum atomic E-state index is 9.82. The standard InChI is InChI=1S/C19H38N4O3/c1-6-23(14-26-13-18(24)12-25-10-8-20-5)9-7-21-11-19-15(2)16(3)22-17(19)4/h18,20-22,24H,6-14H2,1-5H3. The molecule has 0 spiro atoms. The van der Waals surface area contributed by atoms with E-state index in [1.165, 1.54) is 22.5 Å². The number of rotatable bonds is 15. The van der Waals surface area contributed by atoms with Crippen LogP contribution in [0.15, 0.2) is 0 Å². The molecule has 1 aromatic rings. The van der Waals surface area contributed by atoms with Gasteiger partial charge < -0.3 is 30.2 Å². The minimum atomic E-state index is -0.577. The van der Waals surface area contributed by atoms with Gasteiger partial charge in [0.2, 0.25) is 0 Å². The molecule has 0 amide bonds. The van der Waals surface area contributed by atoms with Crippen molar-refractivity contribution >= 4 is 0 Å². The highest BCUT2D eigenvalue weighted by molar-refractivity contribution is 5.34. The number of aryl methyl sites for hydroxylation is 2. The quantitative estimate of drug-likeness (QED) is 0.272. The molecule has 0 radical (unpaired) electrons. The second kappa shape index (κ2) is 13.2. The predicted octanol–water partition coefficient (Wildman–Crippen LogP) is 0.922. The van der Waals surface area contributed by atoms with Gasteiger partial charge >= 0.3 is 0 Å². The van der Waals surface area contributed by atoms with Gasteiger partial charge in [-0.25, -0.2) is 0 Å². The molecule has 0 bridgehead atoms. The molecule has 1 aromatic heterocycles. The minimum absolute atomic E-state index is 0.296. The molecule has 26 heavy (non-hydrogen) atoms. The number of H-pyrrole nitrogens is 1. The van der Waals surface area contributed by atoms with E-state index in [2.05, 4.69) is 48.2 Å². The number of nitrogens with one attached hydrogen (secondary N) is 3. The van der Waals surface area contributed by atoms with Gasteiger partial charge in [0.15, 0.2) is 0 Å². The van der Waals surface area contributed by atoms with Crippen LogP contribution in [0.3, 0.4) is 0 Å². The highest BCUT2D eigenvalue weighted by atomic mass is 16.5. The maximum absolute atomic E-state index is 9.82. The van der Waals surface area contributed by atoms with Crippen LogP contribution in [0.1, 0.15) is 29.4 Å². The minimum Gasteiger partial charge on any atom is -0.388 e. The molecule has 0 aliphatic carbocycles. The van der Waals surface area contributed by atoms with E-state index < -0.39 is 6.10 Å². The third-order valence-electron chi connectivity index (χ3n) is 4.59. The Hall–Kier alpha value is -0.960. The first-order chi connectivity index (χ1) is 12.5. The van der Waals surface area contributed by atoms with Gasteiger partial charge in [-0.3, -0.25) is 4.90 Å². The van der Waals surface area contributed by atoms with Crippen molar-refractivity contribution in [2.75, 3.05) is 59.8 Å². The van der Waals surface area contributed by atoms with Crippen LogP contribution < -0.4 is 10.6 Å². The van der Waals surface area contributed by atoms with Crippen molar-refractivity contribution in [3.8, 4) is 0 Å². The average molecular weight is 371 g/mol. The van der Waals surface area contributed by atoms with Gasteiger partial charge in [-0.05, 0) is 45.5 Å². The van der Waals surface area contributed by atoms with E-state index in [1.807, 2.05) is 7.05 Å². The van der Waals surface area contributed by atoms with E-state index in [4.69, 9.17) is 9.47 Å². The molecule has 1 atom stereocenters. The van der Waals surface area contributed by atoms with Crippen molar-refractivity contribution in [3.63, 3.8) is 0 Å². The summed E-state index contributed by atoms with van der Waals surface area (Å²) in [6.45, 7) is 14.6. The third kappa shape index (κ3) is 8.62. The van der Waals surface area contributed by atoms with Gasteiger partial charge in [-0.2, -0.15) is 0 Å². The maximum Gasteiger partial charge on any atom is 0.101 e. The topological polar surface area (TPSA) is 81.8 Å². The number of aromatic nitrogens is 1. The molecule has 1 heterocycles. The average Bonchev–Trinajstić information content (AvgIpc) is 2.86. The Labute approximate surface area is 158 Å². The molecule has 0 saturated carbocycles. The van der Waals surface area contributed by atoms with Crippen LogP contribution in [0.25, 0.3) is 0 Å². The van der Waals surface area contributed by atoms with Gasteiger partial charge in [-0.1, -0.05) is 6.92 Å². The summed E-state index contributed by atoms with van der Waals surface area (Å²) in [5.74, 6) is 0. The summed E-state index contributed by atoms with van der Waals surface area (Å²) in [5, 5.41) is 16.3. The lowest BCUT2D eigenvalue weighted by molar-refractivity contribution is -0.0459. The van der Waals surface area contributed by atoms with Crippen molar-refractivity contribution in [2.45, 2.75) is 40.3 Å². The molecule has 0 aliphatic heterocycles. The highest BCUT2D eigenvalue weighted by Crippen LogP contribution is 2.16. The lowest BCUT2D eigenvalue weighted by Crippen LogP contribution is -2.35. The molecule has 0 aromatic carbocycles. The zero-order chi connectivity index (χ0) is 19.4. The monoisotopic (exact) mass is 370 g/mol. The molecule has 152 valence electrons. The van der Waals surface area contributed by atoms with Gasteiger partial charge in [0.1, 0.15) is 6.10 Å². The van der Waals surface area contributed by atoms with E-state index >= 15 is 0 Å². The van der Waals surface area contributed by atoms with E-state index in [1.54, 1.807) is 0 Å². The van der Waals surface area contributed by atoms with Crippen LogP contribution in [-0.4, -0.2) is 80.9 Å². The molecule has 1 rings (SSSR count). The van der Waals surface area contributed by atoms with Crippen LogP contribution in [0, 0.1) is 20.8 Å². The Morgan fingerprint density at radius 1 is 1.12 bits per heavy atom. The van der Waals surface area contributed by atoms with Gasteiger partial charge in [0.25, 0.3) is 0 Å². The lowest BCUT2D eigenvalue weighted by Gasteiger charge is -2.21. The molecule has 0 fully saturated rings. The first-order valence-corrected chi connectivity index (χ1v) is 9.55. The Morgan fingerprint density at radius 2 is 1.85 bits per heavy atom. The summed E-state index contributed by atoms with van der Waals surface area (Å²) in [4.78, 5) is 5.60. The normalized spacial score (nSPS) is 12.9. The van der Waals surface area contributed by atoms with E-state index in [-0.39, 0.29) is 0 Å². The zero-order valence-corrected chi connectivity index (χ0v) is 17.2. The van der Waals surface area contributed by atoms with Crippen LogP contribution in [-0.2, 0) is 16.0 Å². The Balaban J connectivity index is 2.14. The molecule has 1 unspecified atom stereocenters. The lowest BCUT2D eigenvalue weighted by atomic mass is 10.1. The van der Waals surface area contributed by atoms with Crippen molar-refractivity contribution in [1.82, 2.24) is 20.5 Å². The molecular formula is C19H38N4O3. The van der Waals surface area contributed by atoms with Crippen LogP contribution in [0.2, 0.25) is 0 Å². The Morgan fingerprint density at radius 3 is 2.46 bits per heavy atom. The van der Waals surface area contributed by atoms with E-state index in [0.717, 1.165) is 32.7 Å². The molecule has 7 heteroatoms. The summed E-state index contributed by atoms with van der Waals surface area (Å²) in [6, 6.07) is 0. The fourth-order valence-corrected chi connectivity index (χ4v) is 2.75. The number of hydrogen-bond donors (Lipinski definition) is 4. The van der Waals surface area contributed by atoms with Gasteiger partial charge in [-0.15, -0.1) is 0 Å². The summed E-state index contributed by atoms with van der Waals surface area (Å²) < 4.78 is 11.0. The summed E-state index contributed by atoms with van der Waals surface area (Å²) in [6.07, 6.45) is -0.577. The smallest absolute Gasteiger partial charge is 0.101 e. The number of aliphatic hydroxyl groups is 1. The van der Waals surface area contributed by atoms with Crippen LogP contribution in [0.4, 0.5) is 0 Å². The summed E-state index contributed by atoms with van der Waals surface area (Å²) in [5.41, 5.74) is 5.20. The number of nitrogens with zero attached hydrogens (tertiary/aromatic N) is 1. The van der Waals surface area contributed by atoms with Crippen molar-refractivity contribution in [1.29, 1.82) is 0 Å². The number of aliphatic hydroxyl groups excluding tert-OH is 1. The number of ether oxygens (including phenoxy) is 2. The largest absolute Gasteiger partial charge is 0.388 e. The van der Waals surface area contributed by atoms with E-state index in [0.29, 0.717) is 26.6 Å². The third-order valence-corrected chi connectivity index (χ3v) is 4.59. The molecule has 7 nitrogen and oxygen atoms in total. The zero-order valence-electron chi connectivity index (χ0n) is 17.2. The molecule has 0 aliphatic rings. The van der Waals surface area contributed by atoms with E-state index in [9.17, 15) is 5.11 Å². The molecular weight excluding hydrogens is 332 g/mol. The highest BCUT2D eigenvalue weighted by Gasteiger charge is 2.09. The van der Waals surface area contributed by atoms with Gasteiger partial charge in [0.05, 0.1) is 26.6 Å². The number of likely N-dealkylation sites (N-methyl/N-ethyl adjacent to an activating group) is 2. The fraction of sp³-hybridized carbons (Fsp3) is 0.789.